The first-order valence-electron chi connectivity index (χ1n) is 10.4. The van der Waals surface area contributed by atoms with E-state index in [-0.39, 0.29) is 41.9 Å². The van der Waals surface area contributed by atoms with Crippen LogP contribution in [0.4, 0.5) is 4.39 Å². The molecule has 0 radical (unpaired) electrons. The Morgan fingerprint density at radius 1 is 1.04 bits per heavy atom. The topological polar surface area (TPSA) is 57.7 Å². The van der Waals surface area contributed by atoms with Crippen LogP contribution in [0.2, 0.25) is 0 Å². The molecule has 3 aliphatic rings. The summed E-state index contributed by atoms with van der Waals surface area (Å²) in [5.74, 6) is 0.0624. The van der Waals surface area contributed by atoms with Gasteiger partial charge < -0.3 is 4.90 Å². The molecule has 1 unspecified atom stereocenters. The lowest BCUT2D eigenvalue weighted by atomic mass is 10.1. The van der Waals surface area contributed by atoms with Crippen molar-refractivity contribution in [3.63, 3.8) is 0 Å². The number of sulfone groups is 1. The van der Waals surface area contributed by atoms with Gasteiger partial charge in [-0.3, -0.25) is 9.69 Å². The van der Waals surface area contributed by atoms with Gasteiger partial charge >= 0.3 is 0 Å². The van der Waals surface area contributed by atoms with E-state index in [1.165, 1.54) is 12.1 Å². The first kappa shape index (κ1) is 19.8. The molecule has 1 heterocycles. The number of carbonyl (C=O) groups excluding carboxylic acids is 1. The van der Waals surface area contributed by atoms with Crippen LogP contribution in [0, 0.1) is 5.82 Å². The second kappa shape index (κ2) is 8.11. The van der Waals surface area contributed by atoms with Crippen LogP contribution < -0.4 is 0 Å². The van der Waals surface area contributed by atoms with Gasteiger partial charge in [-0.25, -0.2) is 12.8 Å². The number of benzene rings is 1. The Bertz CT molecular complexity index is 819. The number of hydrogen-bond donors (Lipinski definition) is 0. The third-order valence-corrected chi connectivity index (χ3v) is 8.03. The van der Waals surface area contributed by atoms with Crippen LogP contribution in [-0.4, -0.2) is 60.3 Å². The van der Waals surface area contributed by atoms with Gasteiger partial charge in [0.2, 0.25) is 5.91 Å². The van der Waals surface area contributed by atoms with Crippen LogP contribution in [0.5, 0.6) is 0 Å². The molecule has 1 saturated heterocycles. The van der Waals surface area contributed by atoms with Crippen molar-refractivity contribution in [2.45, 2.75) is 69.6 Å². The van der Waals surface area contributed by atoms with Crippen molar-refractivity contribution in [1.82, 2.24) is 9.80 Å². The average molecular weight is 409 g/mol. The number of amides is 1. The Hall–Kier alpha value is -1.47. The maximum atomic E-state index is 13.6. The van der Waals surface area contributed by atoms with Gasteiger partial charge in [-0.15, -0.1) is 0 Å². The number of nitrogens with zero attached hydrogens (tertiary/aromatic N) is 2. The summed E-state index contributed by atoms with van der Waals surface area (Å²) in [7, 11) is -3.04. The van der Waals surface area contributed by atoms with Gasteiger partial charge in [0.05, 0.1) is 18.1 Å². The normalized spacial score (nSPS) is 24.7. The fourth-order valence-corrected chi connectivity index (χ4v) is 6.47. The highest BCUT2D eigenvalue weighted by atomic mass is 32.2. The van der Waals surface area contributed by atoms with Crippen LogP contribution in [0.3, 0.4) is 0 Å². The minimum atomic E-state index is -3.04. The van der Waals surface area contributed by atoms with Crippen LogP contribution in [-0.2, 0) is 21.2 Å². The summed E-state index contributed by atoms with van der Waals surface area (Å²) in [5, 5.41) is 0. The van der Waals surface area contributed by atoms with Crippen molar-refractivity contribution < 1.29 is 17.6 Å². The molecule has 1 amide bonds. The van der Waals surface area contributed by atoms with E-state index in [0.29, 0.717) is 19.0 Å². The Balaban J connectivity index is 1.48. The maximum Gasteiger partial charge on any atom is 0.237 e. The van der Waals surface area contributed by atoms with Crippen LogP contribution in [0.25, 0.3) is 0 Å². The summed E-state index contributed by atoms with van der Waals surface area (Å²) in [6.45, 7) is 0.837. The molecule has 1 aliphatic heterocycles. The van der Waals surface area contributed by atoms with Crippen LogP contribution >= 0.6 is 0 Å². The lowest BCUT2D eigenvalue weighted by Gasteiger charge is -2.36. The SMILES string of the molecule is O=C(CN(Cc1cccc(F)c1)C1CC1)N(C1CCCC1)C1CCS(=O)(=O)C1. The Morgan fingerprint density at radius 2 is 1.79 bits per heavy atom. The third-order valence-electron chi connectivity index (χ3n) is 6.28. The number of halogens is 1. The predicted octanol–water partition coefficient (Wildman–Crippen LogP) is 2.75. The molecule has 0 spiro atoms. The van der Waals surface area contributed by atoms with E-state index in [1.54, 1.807) is 6.07 Å². The Morgan fingerprint density at radius 3 is 2.39 bits per heavy atom. The van der Waals surface area contributed by atoms with Gasteiger partial charge in [-0.2, -0.15) is 0 Å². The molecule has 1 atom stereocenters. The lowest BCUT2D eigenvalue weighted by Crippen LogP contribution is -2.50. The zero-order valence-corrected chi connectivity index (χ0v) is 17.0. The molecular formula is C21H29FN2O3S. The summed E-state index contributed by atoms with van der Waals surface area (Å²) >= 11 is 0. The molecule has 28 heavy (non-hydrogen) atoms. The zero-order valence-electron chi connectivity index (χ0n) is 16.2. The van der Waals surface area contributed by atoms with E-state index in [4.69, 9.17) is 0 Å². The molecular weight excluding hydrogens is 379 g/mol. The molecule has 2 saturated carbocycles. The van der Waals surface area contributed by atoms with E-state index in [9.17, 15) is 17.6 Å². The number of hydrogen-bond acceptors (Lipinski definition) is 4. The summed E-state index contributed by atoms with van der Waals surface area (Å²) in [6.07, 6.45) is 6.81. The number of rotatable bonds is 7. The zero-order chi connectivity index (χ0) is 19.7. The largest absolute Gasteiger partial charge is 0.335 e. The molecule has 7 heteroatoms. The Labute approximate surface area is 166 Å². The van der Waals surface area contributed by atoms with Crippen molar-refractivity contribution in [1.29, 1.82) is 0 Å². The summed E-state index contributed by atoms with van der Waals surface area (Å²) < 4.78 is 37.6. The average Bonchev–Trinajstić information content (AvgIpc) is 3.24. The van der Waals surface area contributed by atoms with E-state index < -0.39 is 9.84 Å². The molecule has 2 aliphatic carbocycles. The standard InChI is InChI=1S/C21H29FN2O3S/c22-17-5-3-4-16(12-17)13-23(18-8-9-18)14-21(25)24(19-6-1-2-7-19)20-10-11-28(26,27)15-20/h3-5,12,18-20H,1-2,6-11,13-15H2. The second-order valence-corrected chi connectivity index (χ2v) is 10.8. The molecule has 3 fully saturated rings. The molecule has 0 aromatic heterocycles. The van der Waals surface area contributed by atoms with E-state index >= 15 is 0 Å². The Kier molecular flexibility index (Phi) is 5.74. The third kappa shape index (κ3) is 4.74. The van der Waals surface area contributed by atoms with E-state index in [0.717, 1.165) is 44.1 Å². The summed E-state index contributed by atoms with van der Waals surface area (Å²) in [6, 6.07) is 6.89. The van der Waals surface area contributed by atoms with Crippen molar-refractivity contribution in [2.75, 3.05) is 18.1 Å². The minimum Gasteiger partial charge on any atom is -0.335 e. The molecule has 0 bridgehead atoms. The maximum absolute atomic E-state index is 13.6. The minimum absolute atomic E-state index is 0.0392. The van der Waals surface area contributed by atoms with Crippen LogP contribution in [0.15, 0.2) is 24.3 Å². The highest BCUT2D eigenvalue weighted by Gasteiger charge is 2.40. The van der Waals surface area contributed by atoms with Crippen molar-refractivity contribution >= 4 is 15.7 Å². The van der Waals surface area contributed by atoms with Gasteiger partial charge in [0.25, 0.3) is 0 Å². The summed E-state index contributed by atoms with van der Waals surface area (Å²) in [5.41, 5.74) is 0.871. The number of carbonyl (C=O) groups is 1. The van der Waals surface area contributed by atoms with Gasteiger partial charge in [-0.1, -0.05) is 25.0 Å². The van der Waals surface area contributed by atoms with Gasteiger partial charge in [0.1, 0.15) is 5.82 Å². The second-order valence-electron chi connectivity index (χ2n) is 8.56. The van der Waals surface area contributed by atoms with Crippen molar-refractivity contribution in [3.05, 3.63) is 35.6 Å². The smallest absolute Gasteiger partial charge is 0.237 e. The van der Waals surface area contributed by atoms with Crippen LogP contribution in [0.1, 0.15) is 50.5 Å². The monoisotopic (exact) mass is 408 g/mol. The van der Waals surface area contributed by atoms with Gasteiger partial charge in [-0.05, 0) is 49.8 Å². The highest BCUT2D eigenvalue weighted by Crippen LogP contribution is 2.32. The van der Waals surface area contributed by atoms with Gasteiger partial charge in [0.15, 0.2) is 9.84 Å². The lowest BCUT2D eigenvalue weighted by molar-refractivity contribution is -0.137. The quantitative estimate of drug-likeness (QED) is 0.696. The van der Waals surface area contributed by atoms with Crippen molar-refractivity contribution in [2.24, 2.45) is 0 Å². The fourth-order valence-electron chi connectivity index (χ4n) is 4.76. The molecule has 1 aromatic rings. The van der Waals surface area contributed by atoms with Crippen molar-refractivity contribution in [3.8, 4) is 0 Å². The molecule has 0 N–H and O–H groups in total. The first-order chi connectivity index (χ1) is 13.4. The molecule has 5 nitrogen and oxygen atoms in total. The van der Waals surface area contributed by atoms with E-state index in [1.807, 2.05) is 11.0 Å². The molecule has 4 rings (SSSR count). The van der Waals surface area contributed by atoms with E-state index in [2.05, 4.69) is 4.90 Å². The predicted molar refractivity (Wildman–Crippen MR) is 106 cm³/mol. The fraction of sp³-hybridized carbons (Fsp3) is 0.667. The molecule has 154 valence electrons. The summed E-state index contributed by atoms with van der Waals surface area (Å²) in [4.78, 5) is 17.4. The first-order valence-corrected chi connectivity index (χ1v) is 12.2. The van der Waals surface area contributed by atoms with Gasteiger partial charge in [0, 0.05) is 24.7 Å². The molecule has 1 aromatic carbocycles. The highest BCUT2D eigenvalue weighted by molar-refractivity contribution is 7.91.